The van der Waals surface area contributed by atoms with Crippen molar-refractivity contribution in [1.29, 1.82) is 0 Å². The first-order chi connectivity index (χ1) is 4.16. The van der Waals surface area contributed by atoms with Crippen LogP contribution >= 0.6 is 0 Å². The molecule has 0 heterocycles. The van der Waals surface area contributed by atoms with Crippen molar-refractivity contribution in [2.75, 3.05) is 0 Å². The average Bonchev–Trinajstić information content (AvgIpc) is 1.63. The van der Waals surface area contributed by atoms with Crippen LogP contribution in [0.4, 0.5) is 0 Å². The summed E-state index contributed by atoms with van der Waals surface area (Å²) in [5.41, 5.74) is 0. The lowest BCUT2D eigenvalue weighted by Crippen LogP contribution is -2.29. The fourth-order valence-corrected chi connectivity index (χ4v) is 0.852. The summed E-state index contributed by atoms with van der Waals surface area (Å²) < 4.78 is 0. The predicted molar refractivity (Wildman–Crippen MR) is 38.2 cm³/mol. The van der Waals surface area contributed by atoms with Gasteiger partial charge >= 0.3 is 0 Å². The van der Waals surface area contributed by atoms with Crippen LogP contribution in [-0.4, -0.2) is 11.9 Å². The van der Waals surface area contributed by atoms with Gasteiger partial charge in [-0.3, -0.25) is 4.79 Å². The normalized spacial score (nSPS) is 12.8. The van der Waals surface area contributed by atoms with E-state index in [4.69, 9.17) is 0 Å². The Kier molecular flexibility index (Phi) is 4.10. The number of nitrogens with one attached hydrogen (secondary N) is 1. The molecule has 0 aliphatic heterocycles. The van der Waals surface area contributed by atoms with E-state index >= 15 is 0 Å². The highest BCUT2D eigenvalue weighted by Crippen LogP contribution is 1.93. The molecule has 1 N–H and O–H groups in total. The Balaban J connectivity index is 3.26. The standard InChI is InChI=1S/C7H15NO/c1-4-5-6(2)8-7(3)9/h6H,4-5H2,1-3H3,(H,8,9)/t6-/m1/s1. The zero-order valence-electron chi connectivity index (χ0n) is 6.40. The van der Waals surface area contributed by atoms with Crippen molar-refractivity contribution in [2.45, 2.75) is 39.7 Å². The molecule has 2 nitrogen and oxygen atoms in total. The fraction of sp³-hybridized carbons (Fsp3) is 0.857. The van der Waals surface area contributed by atoms with Gasteiger partial charge in [-0.2, -0.15) is 0 Å². The second kappa shape index (κ2) is 4.36. The Morgan fingerprint density at radius 1 is 1.67 bits per heavy atom. The number of hydrogen-bond acceptors (Lipinski definition) is 1. The predicted octanol–water partition coefficient (Wildman–Crippen LogP) is 1.31. The number of carbonyl (C=O) groups is 1. The van der Waals surface area contributed by atoms with Gasteiger partial charge < -0.3 is 5.32 Å². The number of hydrogen-bond donors (Lipinski definition) is 1. The van der Waals surface area contributed by atoms with Crippen molar-refractivity contribution in [3.63, 3.8) is 0 Å². The van der Waals surface area contributed by atoms with Gasteiger partial charge in [-0.25, -0.2) is 0 Å². The third-order valence-electron chi connectivity index (χ3n) is 1.17. The Bertz CT molecular complexity index is 90.9. The van der Waals surface area contributed by atoms with Gasteiger partial charge in [-0.05, 0) is 13.3 Å². The summed E-state index contributed by atoms with van der Waals surface area (Å²) in [6, 6.07) is 0.340. The summed E-state index contributed by atoms with van der Waals surface area (Å²) >= 11 is 0. The molecule has 0 unspecified atom stereocenters. The Morgan fingerprint density at radius 2 is 2.22 bits per heavy atom. The van der Waals surface area contributed by atoms with Crippen LogP contribution in [0.5, 0.6) is 0 Å². The Morgan fingerprint density at radius 3 is 2.56 bits per heavy atom. The molecule has 0 aromatic rings. The molecule has 0 bridgehead atoms. The summed E-state index contributed by atoms with van der Waals surface area (Å²) in [6.45, 7) is 5.68. The van der Waals surface area contributed by atoms with E-state index in [9.17, 15) is 4.79 Å². The molecule has 9 heavy (non-hydrogen) atoms. The molecule has 0 rings (SSSR count). The molecule has 0 aliphatic rings. The second-order valence-corrected chi connectivity index (χ2v) is 2.39. The summed E-state index contributed by atoms with van der Waals surface area (Å²) in [7, 11) is 0. The highest BCUT2D eigenvalue weighted by molar-refractivity contribution is 5.73. The maximum Gasteiger partial charge on any atom is 0.217 e. The quantitative estimate of drug-likeness (QED) is 0.611. The van der Waals surface area contributed by atoms with E-state index in [-0.39, 0.29) is 5.91 Å². The molecule has 2 heteroatoms. The van der Waals surface area contributed by atoms with Crippen molar-refractivity contribution in [3.05, 3.63) is 0 Å². The zero-order valence-corrected chi connectivity index (χ0v) is 6.40. The van der Waals surface area contributed by atoms with Gasteiger partial charge in [-0.15, -0.1) is 0 Å². The summed E-state index contributed by atoms with van der Waals surface area (Å²) in [5, 5.41) is 2.80. The number of amides is 1. The van der Waals surface area contributed by atoms with Gasteiger partial charge in [-0.1, -0.05) is 13.3 Å². The van der Waals surface area contributed by atoms with Crippen LogP contribution in [0.25, 0.3) is 0 Å². The lowest BCUT2D eigenvalue weighted by molar-refractivity contribution is -0.119. The van der Waals surface area contributed by atoms with Crippen molar-refractivity contribution in [2.24, 2.45) is 0 Å². The van der Waals surface area contributed by atoms with Gasteiger partial charge in [0, 0.05) is 13.0 Å². The molecule has 1 atom stereocenters. The van der Waals surface area contributed by atoms with Crippen LogP contribution in [0.15, 0.2) is 0 Å². The smallest absolute Gasteiger partial charge is 0.217 e. The van der Waals surface area contributed by atoms with Gasteiger partial charge in [0.15, 0.2) is 0 Å². The Hall–Kier alpha value is -0.530. The monoisotopic (exact) mass is 129 g/mol. The first kappa shape index (κ1) is 8.47. The molecule has 0 radical (unpaired) electrons. The van der Waals surface area contributed by atoms with E-state index in [0.717, 1.165) is 12.8 Å². The highest BCUT2D eigenvalue weighted by Gasteiger charge is 1.99. The maximum atomic E-state index is 10.4. The van der Waals surface area contributed by atoms with Crippen LogP contribution in [-0.2, 0) is 4.79 Å². The minimum absolute atomic E-state index is 0.0657. The molecule has 0 saturated carbocycles. The van der Waals surface area contributed by atoms with Gasteiger partial charge in [0.05, 0.1) is 0 Å². The maximum absolute atomic E-state index is 10.4. The molecular formula is C7H15NO. The molecule has 0 spiro atoms. The third kappa shape index (κ3) is 5.34. The van der Waals surface area contributed by atoms with Gasteiger partial charge in [0.2, 0.25) is 5.91 Å². The van der Waals surface area contributed by atoms with Crippen LogP contribution in [0.3, 0.4) is 0 Å². The largest absolute Gasteiger partial charge is 0.354 e. The minimum atomic E-state index is 0.0657. The van der Waals surface area contributed by atoms with Crippen LogP contribution < -0.4 is 5.32 Å². The molecular weight excluding hydrogens is 114 g/mol. The average molecular weight is 129 g/mol. The van der Waals surface area contributed by atoms with Gasteiger partial charge in [0.25, 0.3) is 0 Å². The van der Waals surface area contributed by atoms with E-state index < -0.39 is 0 Å². The van der Waals surface area contributed by atoms with E-state index in [0.29, 0.717) is 6.04 Å². The van der Waals surface area contributed by atoms with Gasteiger partial charge in [0.1, 0.15) is 0 Å². The van der Waals surface area contributed by atoms with E-state index in [1.54, 1.807) is 6.92 Å². The molecule has 0 fully saturated rings. The van der Waals surface area contributed by atoms with Crippen molar-refractivity contribution in [1.82, 2.24) is 5.32 Å². The minimum Gasteiger partial charge on any atom is -0.354 e. The lowest BCUT2D eigenvalue weighted by atomic mass is 10.2. The molecule has 0 aromatic heterocycles. The Labute approximate surface area is 56.6 Å². The first-order valence-corrected chi connectivity index (χ1v) is 3.44. The van der Waals surface area contributed by atoms with Crippen LogP contribution in [0, 0.1) is 0 Å². The summed E-state index contributed by atoms with van der Waals surface area (Å²) in [4.78, 5) is 10.4. The van der Waals surface area contributed by atoms with Crippen LogP contribution in [0.1, 0.15) is 33.6 Å². The molecule has 0 saturated heterocycles. The van der Waals surface area contributed by atoms with E-state index in [1.807, 2.05) is 6.92 Å². The third-order valence-corrected chi connectivity index (χ3v) is 1.17. The van der Waals surface area contributed by atoms with E-state index in [1.165, 1.54) is 0 Å². The highest BCUT2D eigenvalue weighted by atomic mass is 16.1. The SMILES string of the molecule is CCC[C@@H](C)NC(C)=O. The van der Waals surface area contributed by atoms with Crippen molar-refractivity contribution >= 4 is 5.91 Å². The molecule has 0 aliphatic carbocycles. The fourth-order valence-electron chi connectivity index (χ4n) is 0.852. The molecule has 0 aromatic carbocycles. The topological polar surface area (TPSA) is 29.1 Å². The lowest BCUT2D eigenvalue weighted by Gasteiger charge is -2.09. The summed E-state index contributed by atoms with van der Waals surface area (Å²) in [6.07, 6.45) is 2.20. The van der Waals surface area contributed by atoms with Crippen LogP contribution in [0.2, 0.25) is 0 Å². The van der Waals surface area contributed by atoms with Crippen molar-refractivity contribution in [3.8, 4) is 0 Å². The number of carbonyl (C=O) groups excluding carboxylic acids is 1. The number of rotatable bonds is 3. The molecule has 54 valence electrons. The van der Waals surface area contributed by atoms with Crippen molar-refractivity contribution < 1.29 is 4.79 Å². The molecule has 1 amide bonds. The second-order valence-electron chi connectivity index (χ2n) is 2.39. The zero-order chi connectivity index (χ0) is 7.28. The summed E-state index contributed by atoms with van der Waals surface area (Å²) in [5.74, 6) is 0.0657. The van der Waals surface area contributed by atoms with E-state index in [2.05, 4.69) is 12.2 Å². The first-order valence-electron chi connectivity index (χ1n) is 3.44.